The van der Waals surface area contributed by atoms with Gasteiger partial charge in [0.05, 0.1) is 18.3 Å². The Balaban J connectivity index is 3.68. The fourth-order valence-electron chi connectivity index (χ4n) is 2.03. The summed E-state index contributed by atoms with van der Waals surface area (Å²) in [6.45, 7) is 1.86. The highest BCUT2D eigenvalue weighted by molar-refractivity contribution is 14.1. The summed E-state index contributed by atoms with van der Waals surface area (Å²) in [5, 5.41) is 14.4. The Morgan fingerprint density at radius 1 is 1.00 bits per heavy atom. The van der Waals surface area contributed by atoms with Gasteiger partial charge in [-0.05, 0) is 74.2 Å². The van der Waals surface area contributed by atoms with E-state index in [1.807, 2.05) is 74.7 Å². The summed E-state index contributed by atoms with van der Waals surface area (Å²) >= 11 is 5.84. The maximum atomic E-state index is 12.3. The van der Waals surface area contributed by atoms with E-state index < -0.39 is 12.1 Å². The summed E-state index contributed by atoms with van der Waals surface area (Å²) in [6, 6.07) is 0. The van der Waals surface area contributed by atoms with E-state index in [1.165, 1.54) is 14.1 Å². The zero-order chi connectivity index (χ0) is 19.3. The predicted molar refractivity (Wildman–Crippen MR) is 118 cm³/mol. The minimum atomic E-state index is -1.09. The quantitative estimate of drug-likeness (QED) is 0.384. The Labute approximate surface area is 186 Å². The van der Waals surface area contributed by atoms with E-state index >= 15 is 0 Å². The number of aliphatic carboxylic acids is 1. The second kappa shape index (κ2) is 10.1. The van der Waals surface area contributed by atoms with E-state index in [-0.39, 0.29) is 17.6 Å². The van der Waals surface area contributed by atoms with Gasteiger partial charge in [-0.2, -0.15) is 0 Å². The molecule has 138 valence electrons. The lowest BCUT2D eigenvalue weighted by molar-refractivity contribution is -0.145. The number of halogens is 3. The number of carbonyl (C=O) groups is 3. The maximum absolute atomic E-state index is 12.3. The molecule has 0 aliphatic rings. The van der Waals surface area contributed by atoms with Crippen LogP contribution in [0.4, 0.5) is 0 Å². The topological polar surface area (TPSA) is 105 Å². The molecule has 0 saturated heterocycles. The number of carbonyl (C=O) groups excluding carboxylic acids is 2. The molecule has 0 aromatic heterocycles. The Morgan fingerprint density at radius 3 is 1.76 bits per heavy atom. The van der Waals surface area contributed by atoms with Gasteiger partial charge in [-0.25, -0.2) is 4.79 Å². The van der Waals surface area contributed by atoms with Crippen LogP contribution in [0, 0.1) is 10.7 Å². The Morgan fingerprint density at radius 2 is 1.44 bits per heavy atom. The van der Waals surface area contributed by atoms with Crippen LogP contribution >= 0.6 is 67.8 Å². The van der Waals surface area contributed by atoms with Gasteiger partial charge in [-0.15, -0.1) is 0 Å². The lowest BCUT2D eigenvalue weighted by Gasteiger charge is -2.21. The van der Waals surface area contributed by atoms with Crippen LogP contribution in [-0.4, -0.2) is 43.1 Å². The largest absolute Gasteiger partial charge is 0.479 e. The first-order valence-corrected chi connectivity index (χ1v) is 10.5. The molecule has 0 aliphatic carbocycles. The number of nitrogens with one attached hydrogen (secondary N) is 2. The van der Waals surface area contributed by atoms with E-state index in [2.05, 4.69) is 10.6 Å². The molecule has 1 aromatic rings. The zero-order valence-electron chi connectivity index (χ0n) is 13.7. The highest BCUT2D eigenvalue weighted by Gasteiger charge is 2.30. The molecule has 0 radical (unpaired) electrons. The van der Waals surface area contributed by atoms with Crippen molar-refractivity contribution in [1.29, 1.82) is 0 Å². The van der Waals surface area contributed by atoms with Crippen molar-refractivity contribution in [2.45, 2.75) is 25.9 Å². The van der Waals surface area contributed by atoms with Gasteiger partial charge in [-0.1, -0.05) is 13.3 Å². The number of hydrogen-bond donors (Lipinski definition) is 3. The molecule has 0 bridgehead atoms. The van der Waals surface area contributed by atoms with Crippen LogP contribution in [0.15, 0.2) is 0 Å². The molecular formula is C15H17I3N2O5. The number of amides is 2. The molecule has 1 atom stereocenters. The predicted octanol–water partition coefficient (Wildman–Crippen LogP) is 2.85. The number of carboxylic acid groups (broad SMARTS) is 1. The smallest absolute Gasteiger partial charge is 0.344 e. The third-order valence-electron chi connectivity index (χ3n) is 3.27. The van der Waals surface area contributed by atoms with Gasteiger partial charge in [0.1, 0.15) is 5.75 Å². The van der Waals surface area contributed by atoms with E-state index in [1.54, 1.807) is 0 Å². The van der Waals surface area contributed by atoms with Crippen molar-refractivity contribution in [2.24, 2.45) is 0 Å². The van der Waals surface area contributed by atoms with E-state index in [0.717, 1.165) is 0 Å². The Hall–Kier alpha value is -0.380. The first-order chi connectivity index (χ1) is 11.7. The molecule has 0 spiro atoms. The molecule has 0 saturated carbocycles. The van der Waals surface area contributed by atoms with Crippen LogP contribution in [0.5, 0.6) is 5.75 Å². The van der Waals surface area contributed by atoms with Gasteiger partial charge < -0.3 is 20.5 Å². The summed E-state index contributed by atoms with van der Waals surface area (Å²) in [5.74, 6) is -1.60. The van der Waals surface area contributed by atoms with Crippen molar-refractivity contribution < 1.29 is 24.2 Å². The van der Waals surface area contributed by atoms with Crippen LogP contribution in [0.1, 0.15) is 40.5 Å². The average Bonchev–Trinajstić information content (AvgIpc) is 2.56. The summed E-state index contributed by atoms with van der Waals surface area (Å²) < 4.78 is 7.16. The standard InChI is InChI=1S/C15H17I3N2O5/c1-4-5-6(15(23)24)25-12-10(17)7(13(21)19-2)9(16)8(11(12)18)14(22)20-3/h6H,4-5H2,1-3H3,(H,19,21)(H,20,22)(H,23,24). The molecule has 1 unspecified atom stereocenters. The number of hydrogen-bond acceptors (Lipinski definition) is 4. The fraction of sp³-hybridized carbons (Fsp3) is 0.400. The molecule has 3 N–H and O–H groups in total. The minimum Gasteiger partial charge on any atom is -0.479 e. The van der Waals surface area contributed by atoms with E-state index in [9.17, 15) is 19.5 Å². The summed E-state index contributed by atoms with van der Waals surface area (Å²) in [7, 11) is 2.98. The Kier molecular flexibility index (Phi) is 9.14. The van der Waals surface area contributed by atoms with Gasteiger partial charge in [0.2, 0.25) is 0 Å². The minimum absolute atomic E-state index is 0.236. The SMILES string of the molecule is CCCC(Oc1c(I)c(C(=O)NC)c(I)c(C(=O)NC)c1I)C(=O)O. The highest BCUT2D eigenvalue weighted by Crippen LogP contribution is 2.38. The van der Waals surface area contributed by atoms with Gasteiger partial charge in [0.15, 0.2) is 6.10 Å². The monoisotopic (exact) mass is 686 g/mol. The maximum Gasteiger partial charge on any atom is 0.344 e. The van der Waals surface area contributed by atoms with Crippen LogP contribution in [-0.2, 0) is 4.79 Å². The number of ether oxygens (including phenoxy) is 1. The molecule has 0 aliphatic heterocycles. The number of rotatable bonds is 7. The summed E-state index contributed by atoms with van der Waals surface area (Å²) in [5.41, 5.74) is 0.580. The van der Waals surface area contributed by atoms with Gasteiger partial charge in [0, 0.05) is 17.7 Å². The van der Waals surface area contributed by atoms with Crippen molar-refractivity contribution in [1.82, 2.24) is 10.6 Å². The van der Waals surface area contributed by atoms with Gasteiger partial charge in [-0.3, -0.25) is 9.59 Å². The molecule has 0 heterocycles. The van der Waals surface area contributed by atoms with Gasteiger partial charge >= 0.3 is 5.97 Å². The van der Waals surface area contributed by atoms with E-state index in [0.29, 0.717) is 34.7 Å². The average molecular weight is 686 g/mol. The van der Waals surface area contributed by atoms with Crippen LogP contribution in [0.2, 0.25) is 0 Å². The third-order valence-corrected chi connectivity index (χ3v) is 6.41. The fourth-order valence-corrected chi connectivity index (χ4v) is 6.43. The van der Waals surface area contributed by atoms with Crippen molar-refractivity contribution in [3.05, 3.63) is 21.8 Å². The lowest BCUT2D eigenvalue weighted by Crippen LogP contribution is -2.30. The van der Waals surface area contributed by atoms with Crippen LogP contribution < -0.4 is 15.4 Å². The number of carboxylic acids is 1. The molecule has 2 amide bonds. The molecule has 25 heavy (non-hydrogen) atoms. The summed E-state index contributed by atoms with van der Waals surface area (Å²) in [4.78, 5) is 36.0. The molecule has 1 rings (SSSR count). The second-order valence-electron chi connectivity index (χ2n) is 4.91. The van der Waals surface area contributed by atoms with E-state index in [4.69, 9.17) is 4.74 Å². The number of benzene rings is 1. The molecule has 0 fully saturated rings. The van der Waals surface area contributed by atoms with Crippen molar-refractivity contribution in [2.75, 3.05) is 14.1 Å². The van der Waals surface area contributed by atoms with Gasteiger partial charge in [0.25, 0.3) is 11.8 Å². The molecule has 7 nitrogen and oxygen atoms in total. The molecule has 10 heteroatoms. The van der Waals surface area contributed by atoms with Crippen LogP contribution in [0.3, 0.4) is 0 Å². The normalized spacial score (nSPS) is 11.6. The van der Waals surface area contributed by atoms with Crippen molar-refractivity contribution in [3.8, 4) is 5.75 Å². The van der Waals surface area contributed by atoms with Crippen molar-refractivity contribution in [3.63, 3.8) is 0 Å². The third kappa shape index (κ3) is 5.08. The van der Waals surface area contributed by atoms with Crippen LogP contribution in [0.25, 0.3) is 0 Å². The Bertz CT molecular complexity index is 666. The molecule has 1 aromatic carbocycles. The molecular weight excluding hydrogens is 669 g/mol. The zero-order valence-corrected chi connectivity index (χ0v) is 20.2. The highest BCUT2D eigenvalue weighted by atomic mass is 127. The van der Waals surface area contributed by atoms with Crippen molar-refractivity contribution >= 4 is 85.6 Å². The second-order valence-corrected chi connectivity index (χ2v) is 8.15. The first kappa shape index (κ1) is 22.7. The summed E-state index contributed by atoms with van der Waals surface area (Å²) in [6.07, 6.45) is -0.112. The lowest BCUT2D eigenvalue weighted by atomic mass is 10.1. The first-order valence-electron chi connectivity index (χ1n) is 7.25.